The molecular weight excluding hydrogens is 204 g/mol. The summed E-state index contributed by atoms with van der Waals surface area (Å²) >= 11 is 0. The molecular formula is C12H25O2Si. The fourth-order valence-corrected chi connectivity index (χ4v) is 5.27. The van der Waals surface area contributed by atoms with Gasteiger partial charge < -0.3 is 8.85 Å². The van der Waals surface area contributed by atoms with Gasteiger partial charge in [-0.3, -0.25) is 0 Å². The first-order valence-electron chi connectivity index (χ1n) is 6.11. The molecule has 15 heavy (non-hydrogen) atoms. The zero-order chi connectivity index (χ0) is 11.3. The molecule has 2 nitrogen and oxygen atoms in total. The molecule has 0 aromatic carbocycles. The Labute approximate surface area is 95.6 Å². The molecule has 3 heteroatoms. The summed E-state index contributed by atoms with van der Waals surface area (Å²) in [5, 5.41) is 0. The second-order valence-corrected chi connectivity index (χ2v) is 8.60. The van der Waals surface area contributed by atoms with E-state index in [1.807, 2.05) is 0 Å². The minimum atomic E-state index is -2.03. The summed E-state index contributed by atoms with van der Waals surface area (Å²) in [6.07, 6.45) is 6.80. The molecule has 0 amide bonds. The summed E-state index contributed by atoms with van der Waals surface area (Å²) in [6.45, 7) is 4.41. The van der Waals surface area contributed by atoms with E-state index in [0.29, 0.717) is 5.54 Å². The Balaban J connectivity index is 2.56. The maximum Gasteiger partial charge on any atom is 0.343 e. The van der Waals surface area contributed by atoms with E-state index in [0.717, 1.165) is 5.92 Å². The van der Waals surface area contributed by atoms with Crippen molar-refractivity contribution in [2.45, 2.75) is 51.5 Å². The molecule has 0 aromatic heterocycles. The van der Waals surface area contributed by atoms with Gasteiger partial charge in [-0.2, -0.15) is 0 Å². The van der Waals surface area contributed by atoms with Crippen LogP contribution in [0.3, 0.4) is 0 Å². The van der Waals surface area contributed by atoms with Crippen LogP contribution in [-0.2, 0) is 8.85 Å². The van der Waals surface area contributed by atoms with Crippen LogP contribution >= 0.6 is 0 Å². The van der Waals surface area contributed by atoms with E-state index in [2.05, 4.69) is 19.9 Å². The van der Waals surface area contributed by atoms with Crippen molar-refractivity contribution in [3.63, 3.8) is 0 Å². The quantitative estimate of drug-likeness (QED) is 0.672. The first kappa shape index (κ1) is 13.2. The summed E-state index contributed by atoms with van der Waals surface area (Å²) in [5.74, 6) is 0.729. The summed E-state index contributed by atoms with van der Waals surface area (Å²) in [7, 11) is 1.57. The molecule has 1 fully saturated rings. The molecule has 89 valence electrons. The zero-order valence-corrected chi connectivity index (χ0v) is 11.6. The normalized spacial score (nSPS) is 19.8. The molecule has 1 saturated carbocycles. The van der Waals surface area contributed by atoms with Crippen molar-refractivity contribution >= 4 is 8.56 Å². The lowest BCUT2D eigenvalue weighted by molar-refractivity contribution is 0.232. The lowest BCUT2D eigenvalue weighted by Crippen LogP contribution is -2.46. The molecule has 0 aliphatic heterocycles. The van der Waals surface area contributed by atoms with Crippen LogP contribution < -0.4 is 0 Å². The number of hydrogen-bond donors (Lipinski definition) is 0. The first-order chi connectivity index (χ1) is 7.14. The minimum Gasteiger partial charge on any atom is -0.397 e. The third kappa shape index (κ3) is 3.30. The van der Waals surface area contributed by atoms with Gasteiger partial charge in [-0.15, -0.1) is 0 Å². The van der Waals surface area contributed by atoms with Crippen molar-refractivity contribution in [2.75, 3.05) is 14.2 Å². The second kappa shape index (κ2) is 6.02. The van der Waals surface area contributed by atoms with E-state index in [-0.39, 0.29) is 0 Å². The molecule has 0 atom stereocenters. The van der Waals surface area contributed by atoms with E-state index in [1.54, 1.807) is 14.2 Å². The lowest BCUT2D eigenvalue weighted by Gasteiger charge is -2.35. The van der Waals surface area contributed by atoms with Gasteiger partial charge in [-0.25, -0.2) is 0 Å². The fraction of sp³-hybridized carbons (Fsp3) is 0.917. The van der Waals surface area contributed by atoms with Crippen molar-refractivity contribution in [2.24, 2.45) is 5.92 Å². The van der Waals surface area contributed by atoms with Gasteiger partial charge in [0, 0.05) is 20.3 Å². The lowest BCUT2D eigenvalue weighted by atomic mass is 9.91. The van der Waals surface area contributed by atoms with E-state index in [4.69, 9.17) is 8.85 Å². The Hall–Kier alpha value is 0.137. The van der Waals surface area contributed by atoms with Crippen molar-refractivity contribution < 1.29 is 8.85 Å². The molecule has 0 unspecified atom stereocenters. The predicted molar refractivity (Wildman–Crippen MR) is 65.7 cm³/mol. The van der Waals surface area contributed by atoms with E-state index in [9.17, 15) is 0 Å². The van der Waals surface area contributed by atoms with Crippen LogP contribution in [0.1, 0.15) is 46.0 Å². The molecule has 0 aromatic rings. The van der Waals surface area contributed by atoms with Crippen molar-refractivity contribution in [3.8, 4) is 0 Å². The third-order valence-electron chi connectivity index (χ3n) is 3.56. The van der Waals surface area contributed by atoms with Crippen LogP contribution in [0.5, 0.6) is 0 Å². The van der Waals surface area contributed by atoms with Gasteiger partial charge in [0.15, 0.2) is 0 Å². The standard InChI is InChI=1S/C12H25O2Si/c1-11(2)15(13-3,14-4)10-12-8-6-5-7-9-12/h10-12H,5-9H2,1-4H3. The number of hydrogen-bond acceptors (Lipinski definition) is 2. The molecule has 1 radical (unpaired) electrons. The van der Waals surface area contributed by atoms with E-state index in [1.165, 1.54) is 32.1 Å². The van der Waals surface area contributed by atoms with Gasteiger partial charge in [0.25, 0.3) is 0 Å². The summed E-state index contributed by atoms with van der Waals surface area (Å²) < 4.78 is 11.4. The molecule has 0 saturated heterocycles. The predicted octanol–water partition coefficient (Wildman–Crippen LogP) is 3.46. The van der Waals surface area contributed by atoms with Gasteiger partial charge in [0.2, 0.25) is 0 Å². The average molecular weight is 229 g/mol. The maximum atomic E-state index is 5.71. The van der Waals surface area contributed by atoms with E-state index < -0.39 is 8.56 Å². The van der Waals surface area contributed by atoms with Crippen LogP contribution in [0.4, 0.5) is 0 Å². The van der Waals surface area contributed by atoms with Crippen LogP contribution in [0.15, 0.2) is 0 Å². The van der Waals surface area contributed by atoms with Gasteiger partial charge in [0.1, 0.15) is 0 Å². The highest BCUT2D eigenvalue weighted by Gasteiger charge is 2.41. The maximum absolute atomic E-state index is 5.71. The smallest absolute Gasteiger partial charge is 0.343 e. The second-order valence-electron chi connectivity index (χ2n) is 4.85. The number of rotatable bonds is 5. The molecule has 0 spiro atoms. The topological polar surface area (TPSA) is 18.5 Å². The van der Waals surface area contributed by atoms with Crippen molar-refractivity contribution in [3.05, 3.63) is 6.04 Å². The SMILES string of the molecule is CO[Si]([CH]C1CCCCC1)(OC)C(C)C. The molecule has 0 bridgehead atoms. The van der Waals surface area contributed by atoms with Crippen molar-refractivity contribution in [1.29, 1.82) is 0 Å². The van der Waals surface area contributed by atoms with Crippen molar-refractivity contribution in [1.82, 2.24) is 0 Å². The first-order valence-corrected chi connectivity index (χ1v) is 8.08. The monoisotopic (exact) mass is 229 g/mol. The fourth-order valence-electron chi connectivity index (χ4n) is 2.51. The molecule has 0 heterocycles. The Bertz CT molecular complexity index is 172. The van der Waals surface area contributed by atoms with Crippen LogP contribution in [-0.4, -0.2) is 22.8 Å². The Kier molecular flexibility index (Phi) is 5.30. The van der Waals surface area contributed by atoms with Gasteiger partial charge >= 0.3 is 8.56 Å². The average Bonchev–Trinajstić information content (AvgIpc) is 2.27. The Morgan fingerprint density at radius 2 is 1.60 bits per heavy atom. The van der Waals surface area contributed by atoms with Gasteiger partial charge in [-0.05, 0) is 11.5 Å². The minimum absolute atomic E-state index is 0.495. The van der Waals surface area contributed by atoms with Crippen LogP contribution in [0.25, 0.3) is 0 Å². The largest absolute Gasteiger partial charge is 0.397 e. The highest BCUT2D eigenvalue weighted by atomic mass is 28.4. The summed E-state index contributed by atoms with van der Waals surface area (Å²) in [5.41, 5.74) is 0.495. The Morgan fingerprint density at radius 3 is 2.00 bits per heavy atom. The van der Waals surface area contributed by atoms with E-state index >= 15 is 0 Å². The highest BCUT2D eigenvalue weighted by Crippen LogP contribution is 2.34. The highest BCUT2D eigenvalue weighted by molar-refractivity contribution is 6.72. The van der Waals surface area contributed by atoms with Gasteiger partial charge in [0.05, 0.1) is 0 Å². The molecule has 0 N–H and O–H groups in total. The molecule has 1 aliphatic carbocycles. The summed E-state index contributed by atoms with van der Waals surface area (Å²) in [6, 6.07) is 2.43. The zero-order valence-electron chi connectivity index (χ0n) is 10.6. The molecule has 1 rings (SSSR count). The van der Waals surface area contributed by atoms with Crippen LogP contribution in [0.2, 0.25) is 5.54 Å². The van der Waals surface area contributed by atoms with Gasteiger partial charge in [-0.1, -0.05) is 46.0 Å². The molecule has 1 aliphatic rings. The summed E-state index contributed by atoms with van der Waals surface area (Å²) in [4.78, 5) is 0. The third-order valence-corrected chi connectivity index (χ3v) is 7.38. The Morgan fingerprint density at radius 1 is 1.07 bits per heavy atom. The van der Waals surface area contributed by atoms with Crippen LogP contribution in [0, 0.1) is 12.0 Å².